The minimum atomic E-state index is -0.205. The lowest BCUT2D eigenvalue weighted by Crippen LogP contribution is -2.41. The summed E-state index contributed by atoms with van der Waals surface area (Å²) in [6.07, 6.45) is 1.19. The van der Waals surface area contributed by atoms with Gasteiger partial charge in [-0.3, -0.25) is 19.0 Å². The molecule has 0 unspecified atom stereocenters. The number of nitrogens with zero attached hydrogens (tertiary/aromatic N) is 3. The summed E-state index contributed by atoms with van der Waals surface area (Å²) < 4.78 is 7.11. The first-order valence-corrected chi connectivity index (χ1v) is 12.6. The summed E-state index contributed by atoms with van der Waals surface area (Å²) in [5.74, 6) is -0.259. The smallest absolute Gasteiger partial charge is 0.309 e. The van der Waals surface area contributed by atoms with Crippen molar-refractivity contribution in [3.8, 4) is 5.69 Å². The third-order valence-electron chi connectivity index (χ3n) is 5.33. The van der Waals surface area contributed by atoms with Crippen LogP contribution in [0.3, 0.4) is 0 Å². The van der Waals surface area contributed by atoms with Crippen molar-refractivity contribution in [1.82, 2.24) is 14.5 Å². The van der Waals surface area contributed by atoms with Gasteiger partial charge in [0.1, 0.15) is 4.70 Å². The molecule has 2 aromatic heterocycles. The molecule has 0 saturated carbocycles. The third-order valence-corrected chi connectivity index (χ3v) is 7.47. The maximum absolute atomic E-state index is 13.2. The molecular formula is C22H22ClN3O4S2. The van der Waals surface area contributed by atoms with E-state index in [9.17, 15) is 14.4 Å². The predicted molar refractivity (Wildman–Crippen MR) is 127 cm³/mol. The van der Waals surface area contributed by atoms with E-state index in [1.54, 1.807) is 42.2 Å². The summed E-state index contributed by atoms with van der Waals surface area (Å²) in [7, 11) is 0. The number of hydrogen-bond acceptors (Lipinski definition) is 7. The molecule has 10 heteroatoms. The van der Waals surface area contributed by atoms with Gasteiger partial charge in [0.05, 0.1) is 34.5 Å². The van der Waals surface area contributed by atoms with Crippen molar-refractivity contribution in [1.29, 1.82) is 0 Å². The molecule has 7 nitrogen and oxygen atoms in total. The van der Waals surface area contributed by atoms with E-state index in [2.05, 4.69) is 4.98 Å². The largest absolute Gasteiger partial charge is 0.466 e. The summed E-state index contributed by atoms with van der Waals surface area (Å²) >= 11 is 8.91. The molecule has 0 radical (unpaired) electrons. The number of amides is 1. The molecule has 1 aliphatic heterocycles. The molecule has 1 fully saturated rings. The van der Waals surface area contributed by atoms with Crippen molar-refractivity contribution < 1.29 is 14.3 Å². The van der Waals surface area contributed by atoms with Gasteiger partial charge in [0.25, 0.3) is 5.56 Å². The highest BCUT2D eigenvalue weighted by molar-refractivity contribution is 7.99. The first kappa shape index (κ1) is 22.8. The number of halogens is 1. The van der Waals surface area contributed by atoms with E-state index >= 15 is 0 Å². The van der Waals surface area contributed by atoms with Crippen molar-refractivity contribution in [3.63, 3.8) is 0 Å². The monoisotopic (exact) mass is 491 g/mol. The molecule has 0 N–H and O–H groups in total. The van der Waals surface area contributed by atoms with Crippen LogP contribution in [0.15, 0.2) is 45.7 Å². The second-order valence-electron chi connectivity index (χ2n) is 7.32. The quantitative estimate of drug-likeness (QED) is 0.294. The predicted octanol–water partition coefficient (Wildman–Crippen LogP) is 3.99. The van der Waals surface area contributed by atoms with E-state index in [0.717, 1.165) is 0 Å². The first-order chi connectivity index (χ1) is 15.5. The van der Waals surface area contributed by atoms with Crippen molar-refractivity contribution in [2.75, 3.05) is 25.4 Å². The van der Waals surface area contributed by atoms with Crippen LogP contribution in [0.4, 0.5) is 0 Å². The number of benzene rings is 1. The number of rotatable bonds is 6. The number of carbonyl (C=O) groups is 2. The van der Waals surface area contributed by atoms with Crippen molar-refractivity contribution in [2.24, 2.45) is 5.92 Å². The summed E-state index contributed by atoms with van der Waals surface area (Å²) in [5, 5.41) is 2.67. The number of fused-ring (bicyclic) bond motifs is 1. The molecule has 1 amide bonds. The molecule has 0 aliphatic carbocycles. The fourth-order valence-electron chi connectivity index (χ4n) is 3.68. The molecule has 1 aliphatic rings. The van der Waals surface area contributed by atoms with Crippen molar-refractivity contribution in [3.05, 3.63) is 51.1 Å². The summed E-state index contributed by atoms with van der Waals surface area (Å²) in [6.45, 7) is 3.18. The van der Waals surface area contributed by atoms with Gasteiger partial charge < -0.3 is 9.64 Å². The number of likely N-dealkylation sites (tertiary alicyclic amines) is 1. The fraction of sp³-hybridized carbons (Fsp3) is 0.364. The highest BCUT2D eigenvalue weighted by Gasteiger charge is 2.28. The minimum absolute atomic E-state index is 0.0531. The second kappa shape index (κ2) is 10.1. The van der Waals surface area contributed by atoms with Crippen molar-refractivity contribution >= 4 is 56.8 Å². The Bertz CT molecular complexity index is 1200. The number of carbonyl (C=O) groups excluding carboxylic acids is 2. The van der Waals surface area contributed by atoms with Crippen LogP contribution in [0.1, 0.15) is 19.8 Å². The number of hydrogen-bond donors (Lipinski definition) is 0. The standard InChI is InChI=1S/C22H22ClN3O4S2/c1-2-30-21(29)14-7-10-25(11-8-14)18(27)13-32-22-24-16-9-12-31-19(16)20(28)26(22)17-6-4-3-5-15(17)23/h3-6,9,12,14H,2,7-8,10-11,13H2,1H3. The Labute approximate surface area is 198 Å². The van der Waals surface area contributed by atoms with Gasteiger partial charge in [-0.25, -0.2) is 4.98 Å². The topological polar surface area (TPSA) is 81.5 Å². The van der Waals surface area contributed by atoms with Crippen LogP contribution in [0.5, 0.6) is 0 Å². The molecule has 1 saturated heterocycles. The zero-order valence-corrected chi connectivity index (χ0v) is 19.8. The fourth-order valence-corrected chi connectivity index (χ4v) is 5.56. The molecule has 32 heavy (non-hydrogen) atoms. The summed E-state index contributed by atoms with van der Waals surface area (Å²) in [4.78, 5) is 44.3. The lowest BCUT2D eigenvalue weighted by atomic mass is 9.97. The zero-order valence-electron chi connectivity index (χ0n) is 17.5. The Morgan fingerprint density at radius 3 is 2.72 bits per heavy atom. The van der Waals surface area contributed by atoms with Crippen molar-refractivity contribution in [2.45, 2.75) is 24.9 Å². The van der Waals surface area contributed by atoms with Crippen LogP contribution in [-0.2, 0) is 14.3 Å². The van der Waals surface area contributed by atoms with E-state index in [1.165, 1.54) is 27.7 Å². The molecule has 0 spiro atoms. The molecule has 0 atom stereocenters. The first-order valence-electron chi connectivity index (χ1n) is 10.3. The zero-order chi connectivity index (χ0) is 22.7. The highest BCUT2D eigenvalue weighted by Crippen LogP contribution is 2.28. The molecule has 0 bridgehead atoms. The van der Waals surface area contributed by atoms with Gasteiger partial charge in [0.15, 0.2) is 5.16 Å². The van der Waals surface area contributed by atoms with Crippen LogP contribution in [0.2, 0.25) is 5.02 Å². The maximum Gasteiger partial charge on any atom is 0.309 e. The number of piperidine rings is 1. The Kier molecular flexibility index (Phi) is 7.17. The number of thioether (sulfide) groups is 1. The minimum Gasteiger partial charge on any atom is -0.466 e. The molecule has 3 heterocycles. The highest BCUT2D eigenvalue weighted by atomic mass is 35.5. The SMILES string of the molecule is CCOC(=O)C1CCN(C(=O)CSc2nc3ccsc3c(=O)n2-c2ccccc2Cl)CC1. The average Bonchev–Trinajstić information content (AvgIpc) is 3.28. The van der Waals surface area contributed by atoms with Crippen LogP contribution in [0.25, 0.3) is 15.9 Å². The molecule has 168 valence electrons. The van der Waals surface area contributed by atoms with Gasteiger partial charge in [-0.15, -0.1) is 11.3 Å². The lowest BCUT2D eigenvalue weighted by Gasteiger charge is -2.30. The van der Waals surface area contributed by atoms with E-state index in [4.69, 9.17) is 16.3 Å². The van der Waals surface area contributed by atoms with E-state index in [1.807, 2.05) is 5.38 Å². The summed E-state index contributed by atoms with van der Waals surface area (Å²) in [6, 6.07) is 8.88. The molecule has 1 aromatic carbocycles. The number of ether oxygens (including phenoxy) is 1. The van der Waals surface area contributed by atoms with Gasteiger partial charge in [0.2, 0.25) is 5.91 Å². The normalized spacial score (nSPS) is 14.6. The number of aromatic nitrogens is 2. The van der Waals surface area contributed by atoms with Crippen LogP contribution in [0, 0.1) is 5.92 Å². The van der Waals surface area contributed by atoms with Crippen LogP contribution < -0.4 is 5.56 Å². The Morgan fingerprint density at radius 2 is 2.00 bits per heavy atom. The van der Waals surface area contributed by atoms with Gasteiger partial charge in [-0.2, -0.15) is 0 Å². The van der Waals surface area contributed by atoms with Gasteiger partial charge in [-0.05, 0) is 43.3 Å². The third kappa shape index (κ3) is 4.69. The van der Waals surface area contributed by atoms with E-state index in [-0.39, 0.29) is 29.1 Å². The molecule has 3 aromatic rings. The lowest BCUT2D eigenvalue weighted by molar-refractivity contribution is -0.151. The second-order valence-corrected chi connectivity index (χ2v) is 9.58. The van der Waals surface area contributed by atoms with Gasteiger partial charge in [0, 0.05) is 13.1 Å². The molecule has 4 rings (SSSR count). The number of para-hydroxylation sites is 1. The molecular weight excluding hydrogens is 470 g/mol. The maximum atomic E-state index is 13.2. The average molecular weight is 492 g/mol. The Balaban J connectivity index is 1.52. The number of esters is 1. The number of thiophene rings is 1. The van der Waals surface area contributed by atoms with Crippen LogP contribution in [-0.4, -0.2) is 51.8 Å². The van der Waals surface area contributed by atoms with Gasteiger partial charge >= 0.3 is 5.97 Å². The van der Waals surface area contributed by atoms with Gasteiger partial charge in [-0.1, -0.05) is 35.5 Å². The van der Waals surface area contributed by atoms with Crippen LogP contribution >= 0.6 is 34.7 Å². The summed E-state index contributed by atoms with van der Waals surface area (Å²) in [5.41, 5.74) is 0.934. The Hall–Kier alpha value is -2.36. The Morgan fingerprint density at radius 1 is 1.25 bits per heavy atom. The van der Waals surface area contributed by atoms with E-state index in [0.29, 0.717) is 58.6 Å². The van der Waals surface area contributed by atoms with E-state index < -0.39 is 0 Å².